The van der Waals surface area contributed by atoms with Crippen LogP contribution in [0.5, 0.6) is 0 Å². The van der Waals surface area contributed by atoms with E-state index in [0.717, 1.165) is 6.54 Å². The normalized spacial score (nSPS) is 15.3. The third kappa shape index (κ3) is 2.53. The minimum atomic E-state index is 1.15. The van der Waals surface area contributed by atoms with Crippen molar-refractivity contribution < 1.29 is 0 Å². The second-order valence-corrected chi connectivity index (χ2v) is 4.44. The van der Waals surface area contributed by atoms with Gasteiger partial charge in [-0.1, -0.05) is 31.5 Å². The van der Waals surface area contributed by atoms with Gasteiger partial charge in [0.25, 0.3) is 0 Å². The van der Waals surface area contributed by atoms with Crippen molar-refractivity contribution in [3.63, 3.8) is 0 Å². The summed E-state index contributed by atoms with van der Waals surface area (Å²) in [6.07, 6.45) is 7.70. The molecule has 1 aromatic carbocycles. The van der Waals surface area contributed by atoms with Gasteiger partial charge in [0, 0.05) is 12.2 Å². The molecule has 1 N–H and O–H groups in total. The summed E-state index contributed by atoms with van der Waals surface area (Å²) in [6, 6.07) is 6.78. The van der Waals surface area contributed by atoms with Crippen LogP contribution in [0.25, 0.3) is 0 Å². The Morgan fingerprint density at radius 3 is 3.07 bits per heavy atom. The number of unbranched alkanes of at least 4 members (excludes halogenated alkanes) is 1. The molecule has 1 aliphatic heterocycles. The fourth-order valence-electron chi connectivity index (χ4n) is 2.32. The fraction of sp³-hybridized carbons (Fsp3) is 0.571. The maximum absolute atomic E-state index is 3.60. The third-order valence-corrected chi connectivity index (χ3v) is 3.21. The first-order chi connectivity index (χ1) is 7.42. The van der Waals surface area contributed by atoms with Gasteiger partial charge in [0.1, 0.15) is 0 Å². The number of aryl methyl sites for hydroxylation is 2. The second kappa shape index (κ2) is 5.20. The molecule has 1 heteroatoms. The number of hydrogen-bond donors (Lipinski definition) is 1. The quantitative estimate of drug-likeness (QED) is 0.788. The molecule has 1 nitrogen and oxygen atoms in total. The van der Waals surface area contributed by atoms with Crippen LogP contribution in [-0.2, 0) is 12.8 Å². The van der Waals surface area contributed by atoms with E-state index in [-0.39, 0.29) is 0 Å². The number of nitrogens with one attached hydrogen (secondary N) is 1. The Morgan fingerprint density at radius 2 is 2.20 bits per heavy atom. The topological polar surface area (TPSA) is 12.0 Å². The van der Waals surface area contributed by atoms with Crippen molar-refractivity contribution in [2.45, 2.75) is 45.4 Å². The lowest BCUT2D eigenvalue weighted by molar-refractivity contribution is 0.785. The Hall–Kier alpha value is -0.980. The van der Waals surface area contributed by atoms with Crippen LogP contribution in [0.3, 0.4) is 0 Å². The Bertz CT molecular complexity index is 317. The van der Waals surface area contributed by atoms with Crippen LogP contribution in [0.4, 0.5) is 5.69 Å². The highest BCUT2D eigenvalue weighted by Gasteiger charge is 2.10. The van der Waals surface area contributed by atoms with Crippen molar-refractivity contribution in [2.24, 2.45) is 0 Å². The summed E-state index contributed by atoms with van der Waals surface area (Å²) in [5.74, 6) is 0. The van der Waals surface area contributed by atoms with Gasteiger partial charge in [-0.2, -0.15) is 0 Å². The van der Waals surface area contributed by atoms with Crippen LogP contribution in [0.1, 0.15) is 43.7 Å². The Morgan fingerprint density at radius 1 is 1.27 bits per heavy atom. The van der Waals surface area contributed by atoms with Crippen molar-refractivity contribution in [1.82, 2.24) is 0 Å². The zero-order valence-corrected chi connectivity index (χ0v) is 9.68. The fourth-order valence-corrected chi connectivity index (χ4v) is 2.32. The number of hydrogen-bond acceptors (Lipinski definition) is 1. The van der Waals surface area contributed by atoms with Crippen molar-refractivity contribution >= 4 is 5.69 Å². The molecule has 1 aliphatic rings. The van der Waals surface area contributed by atoms with Crippen molar-refractivity contribution in [1.29, 1.82) is 0 Å². The van der Waals surface area contributed by atoms with Crippen LogP contribution in [0.15, 0.2) is 18.2 Å². The molecule has 0 atom stereocenters. The summed E-state index contributed by atoms with van der Waals surface area (Å²) < 4.78 is 0. The van der Waals surface area contributed by atoms with E-state index in [9.17, 15) is 0 Å². The molecule has 82 valence electrons. The van der Waals surface area contributed by atoms with Crippen LogP contribution in [0, 0.1) is 0 Å². The highest BCUT2D eigenvalue weighted by Crippen LogP contribution is 2.26. The van der Waals surface area contributed by atoms with E-state index in [2.05, 4.69) is 30.4 Å². The molecule has 0 bridgehead atoms. The predicted octanol–water partition coefficient (Wildman–Crippen LogP) is 3.78. The third-order valence-electron chi connectivity index (χ3n) is 3.21. The minimum Gasteiger partial charge on any atom is -0.385 e. The molecule has 1 aromatic rings. The molecule has 0 aliphatic carbocycles. The molecule has 2 rings (SSSR count). The molecule has 1 heterocycles. The zero-order chi connectivity index (χ0) is 10.5. The number of benzene rings is 1. The lowest BCUT2D eigenvalue weighted by atomic mass is 10.00. The van der Waals surface area contributed by atoms with E-state index in [4.69, 9.17) is 0 Å². The van der Waals surface area contributed by atoms with E-state index in [1.807, 2.05) is 0 Å². The number of anilines is 1. The van der Waals surface area contributed by atoms with E-state index >= 15 is 0 Å². The van der Waals surface area contributed by atoms with Gasteiger partial charge in [0.2, 0.25) is 0 Å². The highest BCUT2D eigenvalue weighted by molar-refractivity contribution is 5.58. The zero-order valence-electron chi connectivity index (χ0n) is 9.68. The summed E-state index contributed by atoms with van der Waals surface area (Å²) in [4.78, 5) is 0. The molecule has 0 saturated carbocycles. The van der Waals surface area contributed by atoms with Crippen LogP contribution in [0.2, 0.25) is 0 Å². The lowest BCUT2D eigenvalue weighted by Gasteiger charge is -2.13. The molecular weight excluding hydrogens is 182 g/mol. The smallest absolute Gasteiger partial charge is 0.0405 e. The predicted molar refractivity (Wildman–Crippen MR) is 66.5 cm³/mol. The van der Waals surface area contributed by atoms with E-state index in [0.29, 0.717) is 0 Å². The molecule has 0 saturated heterocycles. The molecule has 0 spiro atoms. The Labute approximate surface area is 92.9 Å². The summed E-state index contributed by atoms with van der Waals surface area (Å²) in [5, 5.41) is 3.60. The average Bonchev–Trinajstić information content (AvgIpc) is 2.51. The van der Waals surface area contributed by atoms with Gasteiger partial charge in [-0.05, 0) is 43.2 Å². The molecule has 0 amide bonds. The Kier molecular flexibility index (Phi) is 3.65. The molecule has 0 aromatic heterocycles. The second-order valence-electron chi connectivity index (χ2n) is 4.44. The number of rotatable bonds is 3. The van der Waals surface area contributed by atoms with E-state index < -0.39 is 0 Å². The summed E-state index contributed by atoms with van der Waals surface area (Å²) in [5.41, 5.74) is 4.50. The van der Waals surface area contributed by atoms with E-state index in [1.54, 1.807) is 0 Å². The standard InChI is InChI=1S/C14H21N/c1-2-3-7-12-9-6-10-13-8-4-5-11-15-14(12)13/h6,9-10,15H,2-5,7-8,11H2,1H3. The maximum atomic E-state index is 3.60. The molecule has 0 radical (unpaired) electrons. The number of fused-ring (bicyclic) bond motifs is 1. The first-order valence-corrected chi connectivity index (χ1v) is 6.26. The average molecular weight is 203 g/mol. The van der Waals surface area contributed by atoms with Crippen molar-refractivity contribution in [3.05, 3.63) is 29.3 Å². The SMILES string of the molecule is CCCCc1cccc2c1NCCCC2. The largest absolute Gasteiger partial charge is 0.385 e. The molecular formula is C14H21N. The summed E-state index contributed by atoms with van der Waals surface area (Å²) in [6.45, 7) is 3.41. The molecule has 0 unspecified atom stereocenters. The maximum Gasteiger partial charge on any atom is 0.0405 e. The highest BCUT2D eigenvalue weighted by atomic mass is 14.9. The first kappa shape index (κ1) is 10.5. The number of para-hydroxylation sites is 1. The van der Waals surface area contributed by atoms with Gasteiger partial charge in [-0.15, -0.1) is 0 Å². The first-order valence-electron chi connectivity index (χ1n) is 6.26. The van der Waals surface area contributed by atoms with Gasteiger partial charge in [-0.25, -0.2) is 0 Å². The van der Waals surface area contributed by atoms with E-state index in [1.165, 1.54) is 55.3 Å². The molecule has 15 heavy (non-hydrogen) atoms. The van der Waals surface area contributed by atoms with Crippen molar-refractivity contribution in [3.8, 4) is 0 Å². The van der Waals surface area contributed by atoms with Crippen LogP contribution < -0.4 is 5.32 Å². The van der Waals surface area contributed by atoms with Gasteiger partial charge in [-0.3, -0.25) is 0 Å². The van der Waals surface area contributed by atoms with Gasteiger partial charge in [0.05, 0.1) is 0 Å². The minimum absolute atomic E-state index is 1.15. The molecule has 0 fully saturated rings. The monoisotopic (exact) mass is 203 g/mol. The summed E-state index contributed by atoms with van der Waals surface area (Å²) >= 11 is 0. The van der Waals surface area contributed by atoms with Crippen molar-refractivity contribution in [2.75, 3.05) is 11.9 Å². The lowest BCUT2D eigenvalue weighted by Crippen LogP contribution is -2.03. The van der Waals surface area contributed by atoms with Crippen LogP contribution >= 0.6 is 0 Å². The van der Waals surface area contributed by atoms with Gasteiger partial charge >= 0.3 is 0 Å². The Balaban J connectivity index is 2.22. The van der Waals surface area contributed by atoms with Gasteiger partial charge in [0.15, 0.2) is 0 Å². The van der Waals surface area contributed by atoms with Crippen LogP contribution in [-0.4, -0.2) is 6.54 Å². The van der Waals surface area contributed by atoms with Gasteiger partial charge < -0.3 is 5.32 Å². The summed E-state index contributed by atoms with van der Waals surface area (Å²) in [7, 11) is 0.